The number of nitrogens with zero attached hydrogens (tertiary/aromatic N) is 2. The summed E-state index contributed by atoms with van der Waals surface area (Å²) >= 11 is 3.43. The molecule has 1 aromatic heterocycles. The number of hydrogen-bond acceptors (Lipinski definition) is 3. The first-order valence-corrected chi connectivity index (χ1v) is 5.85. The Labute approximate surface area is 92.2 Å². The number of rotatable bonds is 2. The Morgan fingerprint density at radius 1 is 1.36 bits per heavy atom. The SMILES string of the molecule is BrCc1cncc(N2CCOCC2)c1. The van der Waals surface area contributed by atoms with Crippen LogP contribution in [0.25, 0.3) is 0 Å². The van der Waals surface area contributed by atoms with Crippen LogP contribution in [0.5, 0.6) is 0 Å². The quantitative estimate of drug-likeness (QED) is 0.755. The molecule has 2 heterocycles. The van der Waals surface area contributed by atoms with E-state index in [0.29, 0.717) is 0 Å². The fourth-order valence-corrected chi connectivity index (χ4v) is 1.85. The van der Waals surface area contributed by atoms with Crippen molar-refractivity contribution in [2.75, 3.05) is 31.2 Å². The number of morpholine rings is 1. The molecule has 3 nitrogen and oxygen atoms in total. The minimum atomic E-state index is 0.818. The molecule has 1 fully saturated rings. The number of aromatic nitrogens is 1. The molecule has 0 aromatic carbocycles. The van der Waals surface area contributed by atoms with Gasteiger partial charge in [-0.05, 0) is 11.6 Å². The summed E-state index contributed by atoms with van der Waals surface area (Å²) in [6.45, 7) is 3.57. The minimum absolute atomic E-state index is 0.818. The highest BCUT2D eigenvalue weighted by atomic mass is 79.9. The standard InChI is InChI=1S/C10H13BrN2O/c11-6-9-5-10(8-12-7-9)13-1-3-14-4-2-13/h5,7-8H,1-4,6H2. The number of pyridine rings is 1. The van der Waals surface area contributed by atoms with Gasteiger partial charge in [-0.15, -0.1) is 0 Å². The molecule has 0 saturated carbocycles. The predicted octanol–water partition coefficient (Wildman–Crippen LogP) is 1.81. The average Bonchev–Trinajstić information content (AvgIpc) is 2.30. The molecule has 0 unspecified atom stereocenters. The van der Waals surface area contributed by atoms with E-state index in [1.807, 2.05) is 12.4 Å². The first-order chi connectivity index (χ1) is 6.90. The number of hydrogen-bond donors (Lipinski definition) is 0. The van der Waals surface area contributed by atoms with Crippen LogP contribution in [0.2, 0.25) is 0 Å². The van der Waals surface area contributed by atoms with Gasteiger partial charge in [-0.1, -0.05) is 15.9 Å². The van der Waals surface area contributed by atoms with Crippen molar-refractivity contribution in [2.45, 2.75) is 5.33 Å². The van der Waals surface area contributed by atoms with Crippen molar-refractivity contribution in [3.8, 4) is 0 Å². The van der Waals surface area contributed by atoms with E-state index in [9.17, 15) is 0 Å². The fraction of sp³-hybridized carbons (Fsp3) is 0.500. The van der Waals surface area contributed by atoms with Crippen LogP contribution in [0.4, 0.5) is 5.69 Å². The number of ether oxygens (including phenoxy) is 1. The van der Waals surface area contributed by atoms with Gasteiger partial charge >= 0.3 is 0 Å². The van der Waals surface area contributed by atoms with Crippen LogP contribution < -0.4 is 4.90 Å². The second kappa shape index (κ2) is 4.75. The third-order valence-electron chi connectivity index (χ3n) is 2.31. The molecule has 76 valence electrons. The highest BCUT2D eigenvalue weighted by Gasteiger charge is 2.11. The van der Waals surface area contributed by atoms with Crippen LogP contribution >= 0.6 is 15.9 Å². The molecule has 1 saturated heterocycles. The maximum Gasteiger partial charge on any atom is 0.0642 e. The maximum absolute atomic E-state index is 5.31. The van der Waals surface area contributed by atoms with Crippen LogP contribution in [0.15, 0.2) is 18.5 Å². The lowest BCUT2D eigenvalue weighted by atomic mass is 10.2. The van der Waals surface area contributed by atoms with E-state index in [2.05, 4.69) is 31.9 Å². The van der Waals surface area contributed by atoms with Crippen LogP contribution in [-0.2, 0) is 10.1 Å². The Morgan fingerprint density at radius 2 is 2.14 bits per heavy atom. The van der Waals surface area contributed by atoms with Crippen molar-refractivity contribution in [2.24, 2.45) is 0 Å². The second-order valence-corrected chi connectivity index (χ2v) is 3.85. The molecule has 1 aromatic rings. The molecule has 0 amide bonds. The third kappa shape index (κ3) is 2.25. The van der Waals surface area contributed by atoms with Crippen molar-refractivity contribution in [1.82, 2.24) is 4.98 Å². The van der Waals surface area contributed by atoms with Crippen LogP contribution in [0, 0.1) is 0 Å². The zero-order valence-electron chi connectivity index (χ0n) is 7.95. The van der Waals surface area contributed by atoms with Gasteiger partial charge in [-0.2, -0.15) is 0 Å². The van der Waals surface area contributed by atoms with E-state index < -0.39 is 0 Å². The van der Waals surface area contributed by atoms with Gasteiger partial charge in [0.05, 0.1) is 25.1 Å². The smallest absolute Gasteiger partial charge is 0.0642 e. The molecule has 0 atom stereocenters. The van der Waals surface area contributed by atoms with Gasteiger partial charge in [0, 0.05) is 24.6 Å². The highest BCUT2D eigenvalue weighted by Crippen LogP contribution is 2.17. The number of anilines is 1. The first kappa shape index (κ1) is 9.93. The molecule has 14 heavy (non-hydrogen) atoms. The van der Waals surface area contributed by atoms with E-state index in [1.54, 1.807) is 0 Å². The zero-order valence-corrected chi connectivity index (χ0v) is 9.53. The lowest BCUT2D eigenvalue weighted by molar-refractivity contribution is 0.122. The monoisotopic (exact) mass is 256 g/mol. The largest absolute Gasteiger partial charge is 0.378 e. The maximum atomic E-state index is 5.31. The molecule has 0 radical (unpaired) electrons. The zero-order chi connectivity index (χ0) is 9.80. The minimum Gasteiger partial charge on any atom is -0.378 e. The second-order valence-electron chi connectivity index (χ2n) is 3.28. The van der Waals surface area contributed by atoms with Gasteiger partial charge in [-0.25, -0.2) is 0 Å². The summed E-state index contributed by atoms with van der Waals surface area (Å²) in [5, 5.41) is 0.859. The van der Waals surface area contributed by atoms with Crippen LogP contribution in [-0.4, -0.2) is 31.3 Å². The molecule has 4 heteroatoms. The van der Waals surface area contributed by atoms with Gasteiger partial charge < -0.3 is 9.64 Å². The normalized spacial score (nSPS) is 17.1. The molecule has 0 spiro atoms. The Kier molecular flexibility index (Phi) is 3.37. The Hall–Kier alpha value is -0.610. The average molecular weight is 257 g/mol. The Balaban J connectivity index is 2.13. The van der Waals surface area contributed by atoms with Gasteiger partial charge in [0.1, 0.15) is 0 Å². The van der Waals surface area contributed by atoms with E-state index in [1.165, 1.54) is 11.3 Å². The molecular formula is C10H13BrN2O. The molecule has 0 aliphatic carbocycles. The number of halogens is 1. The highest BCUT2D eigenvalue weighted by molar-refractivity contribution is 9.08. The third-order valence-corrected chi connectivity index (χ3v) is 2.96. The van der Waals surface area contributed by atoms with Gasteiger partial charge in [0.15, 0.2) is 0 Å². The Morgan fingerprint density at radius 3 is 2.86 bits per heavy atom. The summed E-state index contributed by atoms with van der Waals surface area (Å²) in [6, 6.07) is 2.17. The molecule has 1 aliphatic rings. The van der Waals surface area contributed by atoms with Crippen molar-refractivity contribution in [1.29, 1.82) is 0 Å². The summed E-state index contributed by atoms with van der Waals surface area (Å²) < 4.78 is 5.31. The van der Waals surface area contributed by atoms with E-state index in [-0.39, 0.29) is 0 Å². The summed E-state index contributed by atoms with van der Waals surface area (Å²) in [5.41, 5.74) is 2.42. The van der Waals surface area contributed by atoms with E-state index >= 15 is 0 Å². The molecule has 1 aliphatic heterocycles. The number of alkyl halides is 1. The molecule has 0 N–H and O–H groups in total. The Bertz CT molecular complexity index is 300. The van der Waals surface area contributed by atoms with Crippen LogP contribution in [0.3, 0.4) is 0 Å². The van der Waals surface area contributed by atoms with E-state index in [0.717, 1.165) is 31.6 Å². The van der Waals surface area contributed by atoms with Crippen molar-refractivity contribution in [3.63, 3.8) is 0 Å². The summed E-state index contributed by atoms with van der Waals surface area (Å²) in [5.74, 6) is 0. The summed E-state index contributed by atoms with van der Waals surface area (Å²) in [7, 11) is 0. The van der Waals surface area contributed by atoms with Gasteiger partial charge in [0.25, 0.3) is 0 Å². The van der Waals surface area contributed by atoms with Crippen molar-refractivity contribution in [3.05, 3.63) is 24.0 Å². The van der Waals surface area contributed by atoms with Crippen LogP contribution in [0.1, 0.15) is 5.56 Å². The lowest BCUT2D eigenvalue weighted by Gasteiger charge is -2.28. The van der Waals surface area contributed by atoms with Gasteiger partial charge in [-0.3, -0.25) is 4.98 Å². The lowest BCUT2D eigenvalue weighted by Crippen LogP contribution is -2.36. The predicted molar refractivity (Wildman–Crippen MR) is 59.9 cm³/mol. The van der Waals surface area contributed by atoms with E-state index in [4.69, 9.17) is 4.74 Å². The fourth-order valence-electron chi connectivity index (χ4n) is 1.54. The molecular weight excluding hydrogens is 244 g/mol. The molecule has 0 bridgehead atoms. The summed E-state index contributed by atoms with van der Waals surface area (Å²) in [6.07, 6.45) is 3.80. The summed E-state index contributed by atoms with van der Waals surface area (Å²) in [4.78, 5) is 6.53. The van der Waals surface area contributed by atoms with Crippen molar-refractivity contribution < 1.29 is 4.74 Å². The topological polar surface area (TPSA) is 25.4 Å². The first-order valence-electron chi connectivity index (χ1n) is 4.73. The van der Waals surface area contributed by atoms with Gasteiger partial charge in [0.2, 0.25) is 0 Å². The molecule has 2 rings (SSSR count). The van der Waals surface area contributed by atoms with Crippen molar-refractivity contribution >= 4 is 21.6 Å².